The summed E-state index contributed by atoms with van der Waals surface area (Å²) in [6, 6.07) is 7.04. The molecule has 1 aromatic carbocycles. The number of fused-ring (bicyclic) bond motifs is 2. The van der Waals surface area contributed by atoms with Crippen LogP contribution in [0, 0.1) is 0 Å². The first kappa shape index (κ1) is 11.5. The van der Waals surface area contributed by atoms with Gasteiger partial charge in [-0.3, -0.25) is 4.90 Å². The van der Waals surface area contributed by atoms with E-state index < -0.39 is 5.60 Å². The second-order valence-electron chi connectivity index (χ2n) is 6.58. The Morgan fingerprint density at radius 1 is 1.42 bits per heavy atom. The molecule has 0 unspecified atom stereocenters. The van der Waals surface area contributed by atoms with Crippen LogP contribution in [0.25, 0.3) is 10.9 Å². The first-order chi connectivity index (χ1) is 9.05. The Morgan fingerprint density at radius 3 is 3.11 bits per heavy atom. The van der Waals surface area contributed by atoms with Gasteiger partial charge in [0.25, 0.3) is 0 Å². The monoisotopic (exact) mass is 256 g/mol. The summed E-state index contributed by atoms with van der Waals surface area (Å²) < 4.78 is 0. The third-order valence-corrected chi connectivity index (χ3v) is 4.93. The van der Waals surface area contributed by atoms with E-state index in [1.165, 1.54) is 22.0 Å². The molecule has 19 heavy (non-hydrogen) atoms. The van der Waals surface area contributed by atoms with Gasteiger partial charge in [0.05, 0.1) is 5.60 Å². The number of aromatic nitrogens is 1. The van der Waals surface area contributed by atoms with Crippen molar-refractivity contribution in [3.8, 4) is 0 Å². The first-order valence-electron chi connectivity index (χ1n) is 7.07. The number of hydrogen-bond acceptors (Lipinski definition) is 2. The minimum Gasteiger partial charge on any atom is -0.389 e. The van der Waals surface area contributed by atoms with Crippen molar-refractivity contribution in [3.05, 3.63) is 35.5 Å². The van der Waals surface area contributed by atoms with E-state index in [1.807, 2.05) is 6.92 Å². The van der Waals surface area contributed by atoms with Crippen molar-refractivity contribution in [3.63, 3.8) is 0 Å². The fraction of sp³-hybridized carbons (Fsp3) is 0.500. The van der Waals surface area contributed by atoms with E-state index in [1.54, 1.807) is 0 Å². The number of aliphatic hydroxyl groups is 1. The number of aromatic amines is 1. The lowest BCUT2D eigenvalue weighted by atomic mass is 9.71. The molecule has 2 N–H and O–H groups in total. The normalized spacial score (nSPS) is 34.5. The minimum absolute atomic E-state index is 0.445. The van der Waals surface area contributed by atoms with Gasteiger partial charge in [-0.25, -0.2) is 0 Å². The van der Waals surface area contributed by atoms with Crippen molar-refractivity contribution in [2.75, 3.05) is 13.6 Å². The largest absolute Gasteiger partial charge is 0.389 e. The molecule has 0 spiro atoms. The fourth-order valence-electron chi connectivity index (χ4n) is 4.23. The summed E-state index contributed by atoms with van der Waals surface area (Å²) in [7, 11) is 2.14. The van der Waals surface area contributed by atoms with E-state index in [0.29, 0.717) is 12.0 Å². The molecule has 0 radical (unpaired) electrons. The highest BCUT2D eigenvalue weighted by Gasteiger charge is 2.43. The van der Waals surface area contributed by atoms with Crippen molar-refractivity contribution in [2.24, 2.45) is 0 Å². The molecule has 2 heterocycles. The number of rotatable bonds is 0. The van der Waals surface area contributed by atoms with E-state index in [0.717, 1.165) is 19.4 Å². The molecule has 1 saturated heterocycles. The Kier molecular flexibility index (Phi) is 2.19. The van der Waals surface area contributed by atoms with Crippen LogP contribution in [0.3, 0.4) is 0 Å². The molecule has 0 saturated carbocycles. The SMILES string of the molecule is CN1C[C@](C)(O)C[C@@H]2c3cccc4[nH]cc(c34)C[C@H]21. The molecule has 3 atom stereocenters. The number of H-pyrrole nitrogens is 1. The maximum absolute atomic E-state index is 10.5. The average Bonchev–Trinajstić information content (AvgIpc) is 2.75. The number of nitrogens with zero attached hydrogens (tertiary/aromatic N) is 1. The number of likely N-dealkylation sites (tertiary alicyclic amines) is 1. The summed E-state index contributed by atoms with van der Waals surface area (Å²) in [6.45, 7) is 2.73. The molecule has 3 heteroatoms. The van der Waals surface area contributed by atoms with Crippen LogP contribution in [-0.2, 0) is 6.42 Å². The highest BCUT2D eigenvalue weighted by molar-refractivity contribution is 5.88. The van der Waals surface area contributed by atoms with E-state index >= 15 is 0 Å². The first-order valence-corrected chi connectivity index (χ1v) is 7.07. The van der Waals surface area contributed by atoms with Gasteiger partial charge in [0.2, 0.25) is 0 Å². The highest BCUT2D eigenvalue weighted by Crippen LogP contribution is 2.45. The molecule has 0 amide bonds. The Balaban J connectivity index is 1.91. The van der Waals surface area contributed by atoms with Gasteiger partial charge in [-0.15, -0.1) is 0 Å². The van der Waals surface area contributed by atoms with Crippen molar-refractivity contribution in [1.29, 1.82) is 0 Å². The van der Waals surface area contributed by atoms with E-state index in [4.69, 9.17) is 0 Å². The predicted molar refractivity (Wildman–Crippen MR) is 76.4 cm³/mol. The zero-order valence-corrected chi connectivity index (χ0v) is 11.5. The van der Waals surface area contributed by atoms with Gasteiger partial charge in [0, 0.05) is 35.6 Å². The third-order valence-electron chi connectivity index (χ3n) is 4.93. The van der Waals surface area contributed by atoms with Gasteiger partial charge in [-0.05, 0) is 44.0 Å². The Hall–Kier alpha value is -1.32. The third kappa shape index (κ3) is 1.58. The number of benzene rings is 1. The number of β-amino-alcohol motifs (C(OH)–C–C–N with tert-alkyl or cyclic N) is 1. The lowest BCUT2D eigenvalue weighted by Gasteiger charge is -2.48. The fourth-order valence-corrected chi connectivity index (χ4v) is 4.23. The molecule has 2 aromatic rings. The van der Waals surface area contributed by atoms with Crippen LogP contribution in [0.2, 0.25) is 0 Å². The van der Waals surface area contributed by atoms with Crippen LogP contribution < -0.4 is 0 Å². The predicted octanol–water partition coefficient (Wildman–Crippen LogP) is 2.26. The highest BCUT2D eigenvalue weighted by atomic mass is 16.3. The molecular weight excluding hydrogens is 236 g/mol. The Bertz CT molecular complexity index is 643. The maximum Gasteiger partial charge on any atom is 0.0752 e. The van der Waals surface area contributed by atoms with Gasteiger partial charge in [0.1, 0.15) is 0 Å². The Labute approximate surface area is 113 Å². The summed E-state index contributed by atoms with van der Waals surface area (Å²) in [5.41, 5.74) is 3.50. The zero-order valence-electron chi connectivity index (χ0n) is 11.5. The quantitative estimate of drug-likeness (QED) is 0.759. The molecular formula is C16H20N2O. The molecule has 2 aliphatic rings. The Morgan fingerprint density at radius 2 is 2.26 bits per heavy atom. The molecule has 1 aromatic heterocycles. The van der Waals surface area contributed by atoms with Gasteiger partial charge in [-0.1, -0.05) is 12.1 Å². The van der Waals surface area contributed by atoms with Crippen LogP contribution in [0.5, 0.6) is 0 Å². The minimum atomic E-state index is -0.577. The molecule has 1 aliphatic carbocycles. The van der Waals surface area contributed by atoms with Crippen molar-refractivity contribution >= 4 is 10.9 Å². The lowest BCUT2D eigenvalue weighted by molar-refractivity contribution is -0.0402. The second kappa shape index (κ2) is 3.62. The summed E-state index contributed by atoms with van der Waals surface area (Å²) in [4.78, 5) is 5.72. The summed E-state index contributed by atoms with van der Waals surface area (Å²) in [5.74, 6) is 0.445. The number of hydrogen-bond donors (Lipinski definition) is 2. The smallest absolute Gasteiger partial charge is 0.0752 e. The van der Waals surface area contributed by atoms with Crippen molar-refractivity contribution in [2.45, 2.75) is 37.3 Å². The van der Waals surface area contributed by atoms with Crippen LogP contribution in [0.4, 0.5) is 0 Å². The molecule has 0 bridgehead atoms. The maximum atomic E-state index is 10.5. The van der Waals surface area contributed by atoms with E-state index in [-0.39, 0.29) is 0 Å². The standard InChI is InChI=1S/C16H20N2O/c1-16(19)7-12-11-4-3-5-13-15(11)10(8-17-13)6-14(12)18(2)9-16/h3-5,8,12,14,17,19H,6-7,9H2,1-2H3/t12-,14-,16-/m1/s1. The van der Waals surface area contributed by atoms with Crippen LogP contribution in [0.1, 0.15) is 30.4 Å². The van der Waals surface area contributed by atoms with Crippen LogP contribution in [0.15, 0.2) is 24.4 Å². The average molecular weight is 256 g/mol. The lowest BCUT2D eigenvalue weighted by Crippen LogP contribution is -2.54. The van der Waals surface area contributed by atoms with Crippen molar-refractivity contribution in [1.82, 2.24) is 9.88 Å². The number of nitrogens with one attached hydrogen (secondary N) is 1. The van der Waals surface area contributed by atoms with Crippen LogP contribution in [-0.4, -0.2) is 40.2 Å². The van der Waals surface area contributed by atoms with Crippen LogP contribution >= 0.6 is 0 Å². The molecule has 100 valence electrons. The second-order valence-corrected chi connectivity index (χ2v) is 6.58. The number of piperidine rings is 1. The number of likely N-dealkylation sites (N-methyl/N-ethyl adjacent to an activating group) is 1. The molecule has 4 rings (SSSR count). The summed E-state index contributed by atoms with van der Waals surface area (Å²) >= 11 is 0. The van der Waals surface area contributed by atoms with E-state index in [9.17, 15) is 5.11 Å². The molecule has 3 nitrogen and oxygen atoms in total. The van der Waals surface area contributed by atoms with Gasteiger partial charge in [-0.2, -0.15) is 0 Å². The van der Waals surface area contributed by atoms with Gasteiger partial charge in [0.15, 0.2) is 0 Å². The van der Waals surface area contributed by atoms with E-state index in [2.05, 4.69) is 41.3 Å². The molecule has 1 aliphatic heterocycles. The summed E-state index contributed by atoms with van der Waals surface area (Å²) in [6.07, 6.45) is 4.12. The molecule has 1 fully saturated rings. The zero-order chi connectivity index (χ0) is 13.2. The summed E-state index contributed by atoms with van der Waals surface area (Å²) in [5, 5.41) is 11.9. The topological polar surface area (TPSA) is 39.3 Å². The van der Waals surface area contributed by atoms with Gasteiger partial charge >= 0.3 is 0 Å². The van der Waals surface area contributed by atoms with Crippen molar-refractivity contribution < 1.29 is 5.11 Å². The van der Waals surface area contributed by atoms with Gasteiger partial charge < -0.3 is 10.1 Å².